The molecule has 5 aromatic rings. The Morgan fingerprint density at radius 3 is 2.16 bits per heavy atom. The van der Waals surface area contributed by atoms with Crippen molar-refractivity contribution in [3.8, 4) is 0 Å². The van der Waals surface area contributed by atoms with Crippen LogP contribution in [-0.4, -0.2) is 35.8 Å². The first-order valence-corrected chi connectivity index (χ1v) is 13.3. The molecule has 2 heterocycles. The van der Waals surface area contributed by atoms with Crippen molar-refractivity contribution < 1.29 is 22.7 Å². The van der Waals surface area contributed by atoms with Gasteiger partial charge in [-0.15, -0.1) is 0 Å². The summed E-state index contributed by atoms with van der Waals surface area (Å²) in [4.78, 5) is 13.3. The number of benzene rings is 3. The molecule has 0 fully saturated rings. The molecular formula is C29H28N2O5S. The standard InChI is InChI=1S/C29H28N2O5S/c1-29(2,3)36-28(32)30-19-23(22-15-9-11-17-25(22)30)27(35-4)26-18-20-12-8-10-16-24(20)31(26)37(33,34)21-13-6-5-7-14-21/h5-19,27H,1-4H3. The van der Waals surface area contributed by atoms with Crippen LogP contribution in [0.2, 0.25) is 0 Å². The molecule has 0 aliphatic heterocycles. The third-order valence-corrected chi connectivity index (χ3v) is 7.85. The van der Waals surface area contributed by atoms with Crippen molar-refractivity contribution in [2.24, 2.45) is 0 Å². The molecule has 0 N–H and O–H groups in total. The number of ether oxygens (including phenoxy) is 2. The van der Waals surface area contributed by atoms with Gasteiger partial charge in [-0.05, 0) is 51.1 Å². The predicted molar refractivity (Wildman–Crippen MR) is 143 cm³/mol. The van der Waals surface area contributed by atoms with Crippen molar-refractivity contribution in [3.63, 3.8) is 0 Å². The van der Waals surface area contributed by atoms with Gasteiger partial charge in [0.1, 0.15) is 11.7 Å². The van der Waals surface area contributed by atoms with Gasteiger partial charge in [-0.1, -0.05) is 54.6 Å². The second-order valence-electron chi connectivity index (χ2n) is 9.78. The topological polar surface area (TPSA) is 79.5 Å². The van der Waals surface area contributed by atoms with E-state index < -0.39 is 27.8 Å². The Morgan fingerprint density at radius 1 is 0.865 bits per heavy atom. The van der Waals surface area contributed by atoms with Gasteiger partial charge >= 0.3 is 6.09 Å². The number of fused-ring (bicyclic) bond motifs is 2. The lowest BCUT2D eigenvalue weighted by atomic mass is 10.1. The minimum Gasteiger partial charge on any atom is -0.443 e. The van der Waals surface area contributed by atoms with Crippen LogP contribution in [0.1, 0.15) is 38.1 Å². The van der Waals surface area contributed by atoms with Gasteiger partial charge in [0.05, 0.1) is 21.6 Å². The lowest BCUT2D eigenvalue weighted by molar-refractivity contribution is 0.0543. The van der Waals surface area contributed by atoms with E-state index in [-0.39, 0.29) is 4.90 Å². The van der Waals surface area contributed by atoms with E-state index in [9.17, 15) is 13.2 Å². The van der Waals surface area contributed by atoms with E-state index in [1.807, 2.05) is 63.2 Å². The molecule has 0 aliphatic rings. The molecule has 0 saturated heterocycles. The summed E-state index contributed by atoms with van der Waals surface area (Å²) in [6.45, 7) is 5.42. The fourth-order valence-corrected chi connectivity index (χ4v) is 6.15. The minimum atomic E-state index is -3.96. The number of aromatic nitrogens is 2. The number of methoxy groups -OCH3 is 1. The zero-order valence-electron chi connectivity index (χ0n) is 21.1. The summed E-state index contributed by atoms with van der Waals surface area (Å²) in [5.41, 5.74) is 1.58. The van der Waals surface area contributed by atoms with Crippen molar-refractivity contribution in [1.82, 2.24) is 8.54 Å². The highest BCUT2D eigenvalue weighted by atomic mass is 32.2. The lowest BCUT2D eigenvalue weighted by Gasteiger charge is -2.20. The van der Waals surface area contributed by atoms with E-state index in [0.29, 0.717) is 22.3 Å². The molecule has 0 bridgehead atoms. The largest absolute Gasteiger partial charge is 0.443 e. The molecule has 0 spiro atoms. The molecule has 190 valence electrons. The van der Waals surface area contributed by atoms with Crippen LogP contribution >= 0.6 is 0 Å². The summed E-state index contributed by atoms with van der Waals surface area (Å²) >= 11 is 0. The maximum atomic E-state index is 13.9. The summed E-state index contributed by atoms with van der Waals surface area (Å²) in [6.07, 6.45) is 0.353. The third-order valence-electron chi connectivity index (χ3n) is 6.09. The van der Waals surface area contributed by atoms with Gasteiger partial charge in [0.15, 0.2) is 0 Å². The lowest BCUT2D eigenvalue weighted by Crippen LogP contribution is -2.26. The molecule has 7 nitrogen and oxygen atoms in total. The molecule has 2 aromatic heterocycles. The van der Waals surface area contributed by atoms with Crippen LogP contribution in [0.5, 0.6) is 0 Å². The molecule has 5 rings (SSSR count). The second kappa shape index (κ2) is 9.21. The van der Waals surface area contributed by atoms with Gasteiger partial charge in [-0.25, -0.2) is 17.2 Å². The van der Waals surface area contributed by atoms with Gasteiger partial charge in [-0.2, -0.15) is 0 Å². The Labute approximate surface area is 215 Å². The van der Waals surface area contributed by atoms with E-state index in [2.05, 4.69) is 0 Å². The van der Waals surface area contributed by atoms with Gasteiger partial charge < -0.3 is 9.47 Å². The third kappa shape index (κ3) is 4.43. The Balaban J connectivity index is 1.75. The summed E-state index contributed by atoms with van der Waals surface area (Å²) < 4.78 is 42.3. The summed E-state index contributed by atoms with van der Waals surface area (Å²) in [6, 6.07) is 24.9. The molecule has 0 amide bonds. The average Bonchev–Trinajstić information content (AvgIpc) is 3.44. The van der Waals surface area contributed by atoms with Crippen molar-refractivity contribution >= 4 is 37.9 Å². The highest BCUT2D eigenvalue weighted by Gasteiger charge is 2.31. The number of carbonyl (C=O) groups excluding carboxylic acids is 1. The number of rotatable bonds is 5. The van der Waals surface area contributed by atoms with Crippen LogP contribution in [-0.2, 0) is 19.5 Å². The SMILES string of the molecule is COC(c1cn(C(=O)OC(C)(C)C)c2ccccc12)c1cc2ccccc2n1S(=O)(=O)c1ccccc1. The van der Waals surface area contributed by atoms with Crippen molar-refractivity contribution in [3.05, 3.63) is 102 Å². The van der Waals surface area contributed by atoms with Crippen LogP contribution in [0.25, 0.3) is 21.8 Å². The normalized spacial score (nSPS) is 13.2. The first-order chi connectivity index (χ1) is 17.6. The van der Waals surface area contributed by atoms with Gasteiger partial charge in [0, 0.05) is 29.6 Å². The highest BCUT2D eigenvalue weighted by Crippen LogP contribution is 2.37. The molecule has 0 aliphatic carbocycles. The van der Waals surface area contributed by atoms with Crippen LogP contribution in [0.15, 0.2) is 96.0 Å². The Hall–Kier alpha value is -3.88. The Morgan fingerprint density at radius 2 is 1.49 bits per heavy atom. The van der Waals surface area contributed by atoms with E-state index in [1.54, 1.807) is 48.7 Å². The molecule has 1 atom stereocenters. The second-order valence-corrected chi connectivity index (χ2v) is 11.6. The monoisotopic (exact) mass is 516 g/mol. The number of hydrogen-bond donors (Lipinski definition) is 0. The maximum Gasteiger partial charge on any atom is 0.419 e. The molecular weight excluding hydrogens is 488 g/mol. The number of hydrogen-bond acceptors (Lipinski definition) is 5. The van der Waals surface area contributed by atoms with Crippen molar-refractivity contribution in [2.75, 3.05) is 7.11 Å². The van der Waals surface area contributed by atoms with Crippen LogP contribution in [0.3, 0.4) is 0 Å². The molecule has 3 aromatic carbocycles. The Kier molecular flexibility index (Phi) is 6.17. The summed E-state index contributed by atoms with van der Waals surface area (Å²) in [5, 5.41) is 1.52. The molecule has 0 radical (unpaired) electrons. The Bertz CT molecular complexity index is 1710. The minimum absolute atomic E-state index is 0.170. The van der Waals surface area contributed by atoms with Gasteiger partial charge in [0.2, 0.25) is 0 Å². The maximum absolute atomic E-state index is 13.9. The van der Waals surface area contributed by atoms with Crippen LogP contribution in [0, 0.1) is 0 Å². The zero-order chi connectivity index (χ0) is 26.4. The van der Waals surface area contributed by atoms with Gasteiger partial charge in [0.25, 0.3) is 10.0 Å². The van der Waals surface area contributed by atoms with E-state index in [0.717, 1.165) is 10.8 Å². The van der Waals surface area contributed by atoms with E-state index >= 15 is 0 Å². The molecule has 8 heteroatoms. The quantitative estimate of drug-likeness (QED) is 0.272. The first-order valence-electron chi connectivity index (χ1n) is 11.9. The van der Waals surface area contributed by atoms with Crippen molar-refractivity contribution in [2.45, 2.75) is 37.4 Å². The fourth-order valence-electron chi connectivity index (χ4n) is 4.58. The number of para-hydroxylation sites is 2. The smallest absolute Gasteiger partial charge is 0.419 e. The highest BCUT2D eigenvalue weighted by molar-refractivity contribution is 7.90. The summed E-state index contributed by atoms with van der Waals surface area (Å²) in [7, 11) is -2.44. The molecule has 37 heavy (non-hydrogen) atoms. The van der Waals surface area contributed by atoms with Gasteiger partial charge in [-0.3, -0.25) is 4.57 Å². The average molecular weight is 517 g/mol. The molecule has 0 saturated carbocycles. The predicted octanol–water partition coefficient (Wildman–Crippen LogP) is 6.35. The van der Waals surface area contributed by atoms with E-state index in [1.165, 1.54) is 15.6 Å². The van der Waals surface area contributed by atoms with E-state index in [4.69, 9.17) is 9.47 Å². The summed E-state index contributed by atoms with van der Waals surface area (Å²) in [5.74, 6) is 0. The van der Waals surface area contributed by atoms with Crippen LogP contribution < -0.4 is 0 Å². The fraction of sp³-hybridized carbons (Fsp3) is 0.207. The zero-order valence-corrected chi connectivity index (χ0v) is 21.9. The number of nitrogens with zero attached hydrogens (tertiary/aromatic N) is 2. The number of carbonyl (C=O) groups is 1. The van der Waals surface area contributed by atoms with Crippen molar-refractivity contribution in [1.29, 1.82) is 0 Å². The van der Waals surface area contributed by atoms with Crippen LogP contribution in [0.4, 0.5) is 4.79 Å². The molecule has 1 unspecified atom stereocenters. The first kappa shape index (κ1) is 24.8.